The van der Waals surface area contributed by atoms with Gasteiger partial charge < -0.3 is 9.45 Å². The first-order valence-electron chi connectivity index (χ1n) is 10.5. The van der Waals surface area contributed by atoms with Crippen molar-refractivity contribution in [2.45, 2.75) is 77.6 Å². The minimum atomic E-state index is -1.36. The maximum Gasteiger partial charge on any atom is 0.262 e. The summed E-state index contributed by atoms with van der Waals surface area (Å²) in [5, 5.41) is 0.621. The Balaban J connectivity index is 1.92. The highest BCUT2D eigenvalue weighted by molar-refractivity contribution is 7.91. The molecule has 0 bridgehead atoms. The molecule has 2 aliphatic rings. The van der Waals surface area contributed by atoms with Gasteiger partial charge in [0.25, 0.3) is 5.56 Å². The molecule has 2 atom stereocenters. The molecule has 3 heterocycles. The van der Waals surface area contributed by atoms with Crippen molar-refractivity contribution in [3.05, 3.63) is 33.6 Å². The molecule has 1 saturated heterocycles. The van der Waals surface area contributed by atoms with Gasteiger partial charge in [0, 0.05) is 24.7 Å². The summed E-state index contributed by atoms with van der Waals surface area (Å²) in [7, 11) is 0. The quantitative estimate of drug-likeness (QED) is 0.554. The third-order valence-corrected chi connectivity index (χ3v) is 7.37. The maximum absolute atomic E-state index is 13.4. The molecule has 1 unspecified atom stereocenters. The van der Waals surface area contributed by atoms with Gasteiger partial charge in [0.2, 0.25) is 5.95 Å². The fraction of sp³-hybridized carbons (Fsp3) is 0.591. The van der Waals surface area contributed by atoms with Gasteiger partial charge >= 0.3 is 0 Å². The minimum Gasteiger partial charge on any atom is -0.591 e. The van der Waals surface area contributed by atoms with Crippen LogP contribution in [0, 0.1) is 6.92 Å². The first-order chi connectivity index (χ1) is 13.7. The summed E-state index contributed by atoms with van der Waals surface area (Å²) in [6, 6.07) is 4.39. The molecule has 1 aromatic carbocycles. The van der Waals surface area contributed by atoms with Crippen LogP contribution in [0.15, 0.2) is 21.3 Å². The van der Waals surface area contributed by atoms with Crippen LogP contribution in [0.2, 0.25) is 0 Å². The van der Waals surface area contributed by atoms with Crippen molar-refractivity contribution in [3.63, 3.8) is 0 Å². The Morgan fingerprint density at radius 3 is 2.72 bits per heavy atom. The van der Waals surface area contributed by atoms with Crippen LogP contribution in [0.4, 0.5) is 5.95 Å². The van der Waals surface area contributed by atoms with Crippen molar-refractivity contribution in [1.29, 1.82) is 0 Å². The molecule has 156 valence electrons. The monoisotopic (exact) mass is 414 g/mol. The van der Waals surface area contributed by atoms with Gasteiger partial charge in [-0.2, -0.15) is 0 Å². The molecule has 0 amide bonds. The second kappa shape index (κ2) is 7.43. The molecule has 2 aliphatic heterocycles. The van der Waals surface area contributed by atoms with Gasteiger partial charge in [0.15, 0.2) is 0 Å². The normalized spacial score (nSPS) is 21.1. The van der Waals surface area contributed by atoms with E-state index >= 15 is 0 Å². The number of benzene rings is 1. The lowest BCUT2D eigenvalue weighted by Crippen LogP contribution is -2.48. The van der Waals surface area contributed by atoms with Gasteiger partial charge in [-0.25, -0.2) is 4.98 Å². The zero-order valence-corrected chi connectivity index (χ0v) is 18.8. The summed E-state index contributed by atoms with van der Waals surface area (Å²) >= 11 is -1.36. The standard InChI is InChI=1S/C22H30N4O2S/c1-14-12-17(15(2)24-29(28)22(3,4)5)19-18(13-14)20(27)26-11-9-16-8-6-7-10-25(16)21(26)23-19/h12-13,16H,6-11H2,1-5H3/b24-15+/t16?,29-/m1/s1. The molecular formula is C22H30N4O2S. The van der Waals surface area contributed by atoms with Gasteiger partial charge in [-0.1, -0.05) is 4.40 Å². The van der Waals surface area contributed by atoms with E-state index in [1.54, 1.807) is 0 Å². The minimum absolute atomic E-state index is 0.0173. The molecule has 0 spiro atoms. The van der Waals surface area contributed by atoms with Gasteiger partial charge in [0.1, 0.15) is 16.1 Å². The highest BCUT2D eigenvalue weighted by Gasteiger charge is 2.32. The van der Waals surface area contributed by atoms with Crippen molar-refractivity contribution in [3.8, 4) is 0 Å². The fourth-order valence-corrected chi connectivity index (χ4v) is 4.93. The van der Waals surface area contributed by atoms with Crippen molar-refractivity contribution in [2.24, 2.45) is 4.40 Å². The van der Waals surface area contributed by atoms with Crippen LogP contribution in [-0.2, 0) is 17.9 Å². The lowest BCUT2D eigenvalue weighted by molar-refractivity contribution is 0.372. The number of aromatic nitrogens is 2. The number of hydrogen-bond acceptors (Lipinski definition) is 5. The van der Waals surface area contributed by atoms with Gasteiger partial charge in [0.05, 0.1) is 16.6 Å². The second-order valence-electron chi connectivity index (χ2n) is 9.25. The van der Waals surface area contributed by atoms with E-state index in [1.807, 2.05) is 51.3 Å². The van der Waals surface area contributed by atoms with Crippen LogP contribution in [0.25, 0.3) is 10.9 Å². The number of nitrogens with zero attached hydrogens (tertiary/aromatic N) is 4. The summed E-state index contributed by atoms with van der Waals surface area (Å²) in [6.45, 7) is 11.2. The lowest BCUT2D eigenvalue weighted by atomic mass is 9.97. The molecule has 4 rings (SSSR count). The summed E-state index contributed by atoms with van der Waals surface area (Å²) in [4.78, 5) is 20.7. The second-order valence-corrected chi connectivity index (χ2v) is 11.2. The van der Waals surface area contributed by atoms with E-state index in [1.165, 1.54) is 12.8 Å². The molecule has 2 aromatic rings. The van der Waals surface area contributed by atoms with Crippen LogP contribution in [-0.4, -0.2) is 37.1 Å². The largest absolute Gasteiger partial charge is 0.591 e. The number of aryl methyl sites for hydroxylation is 1. The van der Waals surface area contributed by atoms with E-state index in [-0.39, 0.29) is 5.56 Å². The van der Waals surface area contributed by atoms with Crippen LogP contribution in [0.3, 0.4) is 0 Å². The highest BCUT2D eigenvalue weighted by Crippen LogP contribution is 2.31. The number of rotatable bonds is 2. The molecule has 1 fully saturated rings. The first kappa shape index (κ1) is 20.4. The average molecular weight is 415 g/mol. The number of hydrogen-bond donors (Lipinski definition) is 0. The lowest BCUT2D eigenvalue weighted by Gasteiger charge is -2.41. The van der Waals surface area contributed by atoms with E-state index in [2.05, 4.69) is 9.30 Å². The van der Waals surface area contributed by atoms with Crippen LogP contribution in [0.5, 0.6) is 0 Å². The molecule has 0 saturated carbocycles. The topological polar surface area (TPSA) is 73.5 Å². The zero-order chi connectivity index (χ0) is 20.9. The van der Waals surface area contributed by atoms with Crippen molar-refractivity contribution in [2.75, 3.05) is 11.4 Å². The first-order valence-corrected chi connectivity index (χ1v) is 11.6. The van der Waals surface area contributed by atoms with Crippen molar-refractivity contribution in [1.82, 2.24) is 9.55 Å². The smallest absolute Gasteiger partial charge is 0.262 e. The molecule has 0 N–H and O–H groups in total. The third-order valence-electron chi connectivity index (χ3n) is 5.89. The Morgan fingerprint density at radius 1 is 1.24 bits per heavy atom. The molecule has 29 heavy (non-hydrogen) atoms. The van der Waals surface area contributed by atoms with E-state index < -0.39 is 16.1 Å². The highest BCUT2D eigenvalue weighted by atomic mass is 32.2. The Morgan fingerprint density at radius 2 is 2.00 bits per heavy atom. The van der Waals surface area contributed by atoms with Gasteiger partial charge in [-0.3, -0.25) is 9.36 Å². The van der Waals surface area contributed by atoms with Crippen LogP contribution >= 0.6 is 0 Å². The summed E-state index contributed by atoms with van der Waals surface area (Å²) in [6.07, 6.45) is 4.55. The Hall–Kier alpha value is -1.86. The summed E-state index contributed by atoms with van der Waals surface area (Å²) < 4.78 is 18.4. The molecule has 6 nitrogen and oxygen atoms in total. The third kappa shape index (κ3) is 3.70. The Bertz CT molecular complexity index is 1040. The molecule has 7 heteroatoms. The van der Waals surface area contributed by atoms with Crippen LogP contribution in [0.1, 0.15) is 64.5 Å². The number of anilines is 1. The van der Waals surface area contributed by atoms with E-state index in [4.69, 9.17) is 4.98 Å². The van der Waals surface area contributed by atoms with Crippen molar-refractivity contribution >= 4 is 33.9 Å². The van der Waals surface area contributed by atoms with E-state index in [0.29, 0.717) is 22.7 Å². The number of fused-ring (bicyclic) bond motifs is 4. The number of piperidine rings is 1. The van der Waals surface area contributed by atoms with E-state index in [9.17, 15) is 9.35 Å². The summed E-state index contributed by atoms with van der Waals surface area (Å²) in [5.41, 5.74) is 3.13. The predicted octanol–water partition coefficient (Wildman–Crippen LogP) is 3.74. The van der Waals surface area contributed by atoms with E-state index in [0.717, 1.165) is 43.0 Å². The predicted molar refractivity (Wildman–Crippen MR) is 120 cm³/mol. The summed E-state index contributed by atoms with van der Waals surface area (Å²) in [5.74, 6) is 0.785. The van der Waals surface area contributed by atoms with Gasteiger partial charge in [-0.05, 0) is 78.0 Å². The molecule has 1 aromatic heterocycles. The zero-order valence-electron chi connectivity index (χ0n) is 18.0. The average Bonchev–Trinajstić information content (AvgIpc) is 2.67. The molecular weight excluding hydrogens is 384 g/mol. The molecule has 0 aliphatic carbocycles. The van der Waals surface area contributed by atoms with Crippen molar-refractivity contribution < 1.29 is 4.55 Å². The SMILES string of the molecule is C/C(=N\[S@+]([O-])C(C)(C)C)c1cc(C)cc2c(=O)n3c(nc12)N1CCCCC1CC3. The fourth-order valence-electron chi connectivity index (χ4n) is 4.31. The Kier molecular flexibility index (Phi) is 5.23. The van der Waals surface area contributed by atoms with Gasteiger partial charge in [-0.15, -0.1) is 0 Å². The maximum atomic E-state index is 13.4. The molecule has 0 radical (unpaired) electrons. The Labute approximate surface area is 175 Å². The van der Waals surface area contributed by atoms with Crippen LogP contribution < -0.4 is 10.5 Å².